The smallest absolute Gasteiger partial charge is 0.206 e. The van der Waals surface area contributed by atoms with Gasteiger partial charge in [0, 0.05) is 23.8 Å². The molecule has 0 spiro atoms. The summed E-state index contributed by atoms with van der Waals surface area (Å²) < 4.78 is 12.8. The van der Waals surface area contributed by atoms with Crippen LogP contribution in [-0.2, 0) is 13.7 Å². The van der Waals surface area contributed by atoms with Crippen molar-refractivity contribution in [3.8, 4) is 11.5 Å². The molecular weight excluding hydrogens is 364 g/mol. The van der Waals surface area contributed by atoms with Crippen LogP contribution >= 0.6 is 11.6 Å². The Labute approximate surface area is 162 Å². The second kappa shape index (κ2) is 8.56. The first-order valence-corrected chi connectivity index (χ1v) is 8.70. The molecule has 1 heterocycles. The summed E-state index contributed by atoms with van der Waals surface area (Å²) in [6, 6.07) is 14.6. The van der Waals surface area contributed by atoms with E-state index in [1.807, 2.05) is 30.3 Å². The molecule has 0 aliphatic heterocycles. The Bertz CT molecular complexity index is 979. The maximum atomic E-state index is 12.2. The fraction of sp³-hybridized carbons (Fsp3) is 0.143. The normalized spacial score (nSPS) is 10.9. The average molecular weight is 383 g/mol. The molecule has 0 radical (unpaired) electrons. The topological polar surface area (TPSA) is 53.4 Å². The Morgan fingerprint density at radius 3 is 2.78 bits per heavy atom. The van der Waals surface area contributed by atoms with Gasteiger partial charge in [0.2, 0.25) is 5.78 Å². The second-order valence-electron chi connectivity index (χ2n) is 5.89. The van der Waals surface area contributed by atoms with Gasteiger partial charge in [0.15, 0.2) is 0 Å². The van der Waals surface area contributed by atoms with Crippen LogP contribution in [0.25, 0.3) is 6.08 Å². The Kier molecular flexibility index (Phi) is 5.94. The van der Waals surface area contributed by atoms with Gasteiger partial charge in [-0.3, -0.25) is 9.48 Å². The zero-order valence-electron chi connectivity index (χ0n) is 15.1. The predicted molar refractivity (Wildman–Crippen MR) is 105 cm³/mol. The van der Waals surface area contributed by atoms with E-state index in [1.54, 1.807) is 49.3 Å². The average Bonchev–Trinajstić information content (AvgIpc) is 3.11. The van der Waals surface area contributed by atoms with E-state index in [2.05, 4.69) is 5.10 Å². The Balaban J connectivity index is 1.74. The maximum Gasteiger partial charge on any atom is 0.206 e. The molecule has 0 aliphatic rings. The molecule has 2 aromatic carbocycles. The molecule has 3 rings (SSSR count). The van der Waals surface area contributed by atoms with Gasteiger partial charge in [-0.15, -0.1) is 0 Å². The lowest BCUT2D eigenvalue weighted by Crippen LogP contribution is -2.00. The van der Waals surface area contributed by atoms with Crippen LogP contribution in [0.4, 0.5) is 0 Å². The molecule has 0 amide bonds. The van der Waals surface area contributed by atoms with Crippen molar-refractivity contribution >= 4 is 23.5 Å². The Morgan fingerprint density at radius 2 is 2.07 bits per heavy atom. The van der Waals surface area contributed by atoms with E-state index in [0.29, 0.717) is 28.8 Å². The van der Waals surface area contributed by atoms with Gasteiger partial charge in [-0.05, 0) is 48.0 Å². The molecule has 138 valence electrons. The fourth-order valence-electron chi connectivity index (χ4n) is 2.54. The molecule has 0 saturated carbocycles. The van der Waals surface area contributed by atoms with Gasteiger partial charge in [0.05, 0.1) is 7.11 Å². The lowest BCUT2D eigenvalue weighted by Gasteiger charge is -2.11. The van der Waals surface area contributed by atoms with Crippen LogP contribution in [0, 0.1) is 0 Å². The highest BCUT2D eigenvalue weighted by Gasteiger charge is 2.07. The van der Waals surface area contributed by atoms with E-state index in [-0.39, 0.29) is 5.78 Å². The van der Waals surface area contributed by atoms with Gasteiger partial charge in [-0.1, -0.05) is 29.8 Å². The van der Waals surface area contributed by atoms with E-state index < -0.39 is 0 Å². The number of aryl methyl sites for hydroxylation is 1. The van der Waals surface area contributed by atoms with Gasteiger partial charge in [0.25, 0.3) is 0 Å². The monoisotopic (exact) mass is 382 g/mol. The quantitative estimate of drug-likeness (QED) is 0.444. The maximum absolute atomic E-state index is 12.2. The van der Waals surface area contributed by atoms with Crippen molar-refractivity contribution in [1.82, 2.24) is 9.78 Å². The molecule has 1 aromatic heterocycles. The third kappa shape index (κ3) is 4.99. The number of allylic oxidation sites excluding steroid dienone is 1. The first-order chi connectivity index (χ1) is 13.0. The summed E-state index contributed by atoms with van der Waals surface area (Å²) in [5.74, 6) is 1.24. The van der Waals surface area contributed by atoms with E-state index in [1.165, 1.54) is 6.08 Å². The van der Waals surface area contributed by atoms with Crippen LogP contribution in [0.15, 0.2) is 60.8 Å². The molecule has 0 fully saturated rings. The zero-order chi connectivity index (χ0) is 19.2. The first kappa shape index (κ1) is 18.7. The number of carbonyl (C=O) groups excluding carboxylic acids is 1. The molecule has 0 N–H and O–H groups in total. The number of hydrogen-bond acceptors (Lipinski definition) is 4. The molecule has 0 bridgehead atoms. The van der Waals surface area contributed by atoms with Crippen LogP contribution in [-0.4, -0.2) is 22.7 Å². The van der Waals surface area contributed by atoms with Crippen molar-refractivity contribution in [2.45, 2.75) is 6.61 Å². The predicted octanol–water partition coefficient (Wildman–Crippen LogP) is 4.56. The molecule has 3 aromatic rings. The molecule has 6 heteroatoms. The summed E-state index contributed by atoms with van der Waals surface area (Å²) in [7, 11) is 3.38. The minimum absolute atomic E-state index is 0.150. The van der Waals surface area contributed by atoms with Gasteiger partial charge in [-0.25, -0.2) is 0 Å². The van der Waals surface area contributed by atoms with Crippen LogP contribution in [0.5, 0.6) is 11.5 Å². The minimum Gasteiger partial charge on any atom is -0.496 e. The number of halogens is 1. The zero-order valence-corrected chi connectivity index (χ0v) is 15.8. The number of benzene rings is 2. The van der Waals surface area contributed by atoms with Gasteiger partial charge in [0.1, 0.15) is 23.8 Å². The van der Waals surface area contributed by atoms with Crippen molar-refractivity contribution < 1.29 is 14.3 Å². The number of methoxy groups -OCH3 is 1. The van der Waals surface area contributed by atoms with Crippen LogP contribution in [0.2, 0.25) is 5.02 Å². The van der Waals surface area contributed by atoms with E-state index in [4.69, 9.17) is 21.1 Å². The summed E-state index contributed by atoms with van der Waals surface area (Å²) >= 11 is 5.98. The van der Waals surface area contributed by atoms with Crippen molar-refractivity contribution in [1.29, 1.82) is 0 Å². The number of carbonyl (C=O) groups is 1. The van der Waals surface area contributed by atoms with Gasteiger partial charge in [-0.2, -0.15) is 5.10 Å². The molecule has 0 atom stereocenters. The summed E-state index contributed by atoms with van der Waals surface area (Å²) in [5, 5.41) is 4.72. The number of ether oxygens (including phenoxy) is 2. The van der Waals surface area contributed by atoms with Crippen molar-refractivity contribution in [2.75, 3.05) is 7.11 Å². The van der Waals surface area contributed by atoms with Gasteiger partial charge < -0.3 is 9.47 Å². The number of nitrogens with zero attached hydrogens (tertiary/aromatic N) is 2. The van der Waals surface area contributed by atoms with Crippen LogP contribution in [0.3, 0.4) is 0 Å². The fourth-order valence-corrected chi connectivity index (χ4v) is 2.72. The Hall–Kier alpha value is -3.05. The highest BCUT2D eigenvalue weighted by atomic mass is 35.5. The molecule has 0 aliphatic carbocycles. The summed E-state index contributed by atoms with van der Waals surface area (Å²) in [4.78, 5) is 12.2. The first-order valence-electron chi connectivity index (χ1n) is 8.32. The largest absolute Gasteiger partial charge is 0.496 e. The SMILES string of the molecule is COc1ccc(/C=C/C(=O)c2ccn(C)n2)cc1COc1cccc(Cl)c1. The Morgan fingerprint density at radius 1 is 1.22 bits per heavy atom. The highest BCUT2D eigenvalue weighted by molar-refractivity contribution is 6.30. The van der Waals surface area contributed by atoms with Crippen molar-refractivity contribution in [2.24, 2.45) is 7.05 Å². The van der Waals surface area contributed by atoms with E-state index >= 15 is 0 Å². The van der Waals surface area contributed by atoms with Crippen LogP contribution < -0.4 is 9.47 Å². The third-order valence-corrected chi connectivity index (χ3v) is 4.12. The van der Waals surface area contributed by atoms with Crippen molar-refractivity contribution in [3.05, 3.63) is 82.6 Å². The standard InChI is InChI=1S/C21H19ClN2O3/c1-24-11-10-19(23-24)20(25)8-6-15-7-9-21(26-2)16(12-15)14-27-18-5-3-4-17(22)13-18/h3-13H,14H2,1-2H3/b8-6+. The summed E-state index contributed by atoms with van der Waals surface area (Å²) in [6.45, 7) is 0.319. The number of aromatic nitrogens is 2. The molecule has 5 nitrogen and oxygen atoms in total. The molecular formula is C21H19ClN2O3. The second-order valence-corrected chi connectivity index (χ2v) is 6.33. The molecule has 27 heavy (non-hydrogen) atoms. The minimum atomic E-state index is -0.150. The lowest BCUT2D eigenvalue weighted by atomic mass is 10.1. The van der Waals surface area contributed by atoms with Gasteiger partial charge >= 0.3 is 0 Å². The third-order valence-electron chi connectivity index (χ3n) is 3.89. The summed E-state index contributed by atoms with van der Waals surface area (Å²) in [5.41, 5.74) is 2.14. The number of hydrogen-bond donors (Lipinski definition) is 0. The summed E-state index contributed by atoms with van der Waals surface area (Å²) in [6.07, 6.45) is 4.99. The highest BCUT2D eigenvalue weighted by Crippen LogP contribution is 2.24. The molecule has 0 unspecified atom stereocenters. The molecule has 0 saturated heterocycles. The lowest BCUT2D eigenvalue weighted by molar-refractivity contribution is 0.104. The van der Waals surface area contributed by atoms with Crippen LogP contribution in [0.1, 0.15) is 21.6 Å². The van der Waals surface area contributed by atoms with E-state index in [0.717, 1.165) is 11.1 Å². The number of ketones is 1. The van der Waals surface area contributed by atoms with E-state index in [9.17, 15) is 4.79 Å². The number of rotatable bonds is 7. The van der Waals surface area contributed by atoms with Crippen molar-refractivity contribution in [3.63, 3.8) is 0 Å².